The molecule has 0 amide bonds. The average Bonchev–Trinajstić information content (AvgIpc) is 3.94. The summed E-state index contributed by atoms with van der Waals surface area (Å²) in [5.41, 5.74) is 13.0. The Labute approximate surface area is 429 Å². The fraction of sp³-hybridized carbons (Fsp3) is 0.219. The quantitative estimate of drug-likeness (QED) is 0.128. The van der Waals surface area contributed by atoms with E-state index in [4.69, 9.17) is 9.72 Å². The number of aromatic nitrogens is 2. The number of benzene rings is 7. The van der Waals surface area contributed by atoms with Crippen molar-refractivity contribution in [3.8, 4) is 17.3 Å². The molecule has 356 valence electrons. The molecule has 0 fully saturated rings. The molecule has 0 spiro atoms. The normalized spacial score (nSPS) is 13.4. The maximum Gasteiger partial charge on any atom is 0.135 e. The first-order chi connectivity index (χ1) is 32.9. The van der Waals surface area contributed by atoms with Crippen LogP contribution in [-0.2, 0) is 42.7 Å². The van der Waals surface area contributed by atoms with Crippen molar-refractivity contribution >= 4 is 38.9 Å². The molecule has 0 saturated carbocycles. The van der Waals surface area contributed by atoms with Gasteiger partial charge in [-0.3, -0.25) is 0 Å². The summed E-state index contributed by atoms with van der Waals surface area (Å²) >= 11 is 0. The van der Waals surface area contributed by atoms with Gasteiger partial charge in [0.05, 0.1) is 0 Å². The Bertz CT molecular complexity index is 3290. The zero-order valence-electron chi connectivity index (χ0n) is 41.9. The van der Waals surface area contributed by atoms with Gasteiger partial charge < -0.3 is 19.1 Å². The predicted octanol–water partition coefficient (Wildman–Crippen LogP) is 16.3. The third-order valence-corrected chi connectivity index (χ3v) is 14.1. The van der Waals surface area contributed by atoms with Gasteiger partial charge in [-0.05, 0) is 91.7 Å². The maximum atomic E-state index is 6.72. The molecule has 2 aromatic heterocycles. The molecule has 9 aromatic rings. The number of fused-ring (bicyclic) bond motifs is 3. The number of pyridine rings is 1. The second-order valence-electron chi connectivity index (χ2n) is 21.6. The van der Waals surface area contributed by atoms with Crippen LogP contribution in [0.1, 0.15) is 108 Å². The summed E-state index contributed by atoms with van der Waals surface area (Å²) in [5.74, 6) is 2.04. The molecule has 0 unspecified atom stereocenters. The van der Waals surface area contributed by atoms with Crippen LogP contribution < -0.4 is 14.5 Å². The summed E-state index contributed by atoms with van der Waals surface area (Å²) in [6.45, 7) is 25.0. The minimum atomic E-state index is -0.273. The van der Waals surface area contributed by atoms with Gasteiger partial charge in [-0.1, -0.05) is 184 Å². The molecule has 1 aliphatic rings. The number of anilines is 2. The van der Waals surface area contributed by atoms with E-state index < -0.39 is 0 Å². The molecule has 1 aliphatic heterocycles. The first-order valence-corrected chi connectivity index (χ1v) is 24.1. The second-order valence-corrected chi connectivity index (χ2v) is 21.6. The van der Waals surface area contributed by atoms with E-state index in [9.17, 15) is 0 Å². The smallest absolute Gasteiger partial charge is 0.135 e. The van der Waals surface area contributed by atoms with Crippen molar-refractivity contribution in [2.75, 3.05) is 9.80 Å². The van der Waals surface area contributed by atoms with Gasteiger partial charge >= 0.3 is 0 Å². The maximum absolute atomic E-state index is 6.72. The Morgan fingerprint density at radius 2 is 1.09 bits per heavy atom. The minimum absolute atomic E-state index is 0. The van der Waals surface area contributed by atoms with Crippen LogP contribution in [0.5, 0.6) is 11.5 Å². The number of ether oxygens (including phenoxy) is 1. The van der Waals surface area contributed by atoms with Gasteiger partial charge in [-0.25, -0.2) is 4.98 Å². The van der Waals surface area contributed by atoms with Crippen LogP contribution in [-0.4, -0.2) is 9.55 Å². The number of hydrogen-bond donors (Lipinski definition) is 0. The van der Waals surface area contributed by atoms with Crippen LogP contribution in [0, 0.1) is 18.8 Å². The first-order valence-electron chi connectivity index (χ1n) is 24.1. The van der Waals surface area contributed by atoms with Crippen molar-refractivity contribution < 1.29 is 25.8 Å². The minimum Gasteiger partial charge on any atom is -0.509 e. The molecule has 10 rings (SSSR count). The molecule has 70 heavy (non-hydrogen) atoms. The molecule has 0 bridgehead atoms. The summed E-state index contributed by atoms with van der Waals surface area (Å²) < 4.78 is 8.95. The van der Waals surface area contributed by atoms with Crippen LogP contribution in [0.25, 0.3) is 33.3 Å². The van der Waals surface area contributed by atoms with Crippen LogP contribution in [0.2, 0.25) is 0 Å². The fourth-order valence-electron chi connectivity index (χ4n) is 9.55. The van der Waals surface area contributed by atoms with Gasteiger partial charge in [0, 0.05) is 66.5 Å². The Kier molecular flexibility index (Phi) is 12.8. The monoisotopic (exact) mass is 1100 g/mol. The average molecular weight is 1100 g/mol. The predicted molar refractivity (Wildman–Crippen MR) is 287 cm³/mol. The van der Waals surface area contributed by atoms with Gasteiger partial charge in [-0.2, -0.15) is 12.1 Å². The summed E-state index contributed by atoms with van der Waals surface area (Å²) in [6.07, 6.45) is 4.11. The van der Waals surface area contributed by atoms with Gasteiger partial charge in [0.1, 0.15) is 5.82 Å². The van der Waals surface area contributed by atoms with Crippen LogP contribution in [0.15, 0.2) is 182 Å². The van der Waals surface area contributed by atoms with Crippen molar-refractivity contribution in [2.45, 2.75) is 90.9 Å². The van der Waals surface area contributed by atoms with Crippen LogP contribution in [0.3, 0.4) is 0 Å². The summed E-state index contributed by atoms with van der Waals surface area (Å²) in [4.78, 5) is 9.40. The molecular formula is C64H61N4OPt-3. The molecule has 0 aliphatic carbocycles. The number of rotatable bonds is 10. The second kappa shape index (κ2) is 18.6. The zero-order valence-corrected chi connectivity index (χ0v) is 44.2. The van der Waals surface area contributed by atoms with E-state index in [2.05, 4.69) is 260 Å². The van der Waals surface area contributed by atoms with Gasteiger partial charge in [-0.15, -0.1) is 48.1 Å². The number of nitrogens with zero attached hydrogens (tertiary/aromatic N) is 4. The van der Waals surface area contributed by atoms with E-state index >= 15 is 0 Å². The molecule has 0 atom stereocenters. The van der Waals surface area contributed by atoms with E-state index in [0.29, 0.717) is 11.5 Å². The molecule has 0 saturated heterocycles. The molecule has 0 radical (unpaired) electrons. The van der Waals surface area contributed by atoms with E-state index in [0.717, 1.165) is 50.3 Å². The Morgan fingerprint density at radius 3 is 1.70 bits per heavy atom. The molecule has 6 heteroatoms. The van der Waals surface area contributed by atoms with E-state index in [1.165, 1.54) is 33.4 Å². The third-order valence-electron chi connectivity index (χ3n) is 14.1. The Hall–Kier alpha value is -6.68. The zero-order chi connectivity index (χ0) is 48.3. The van der Waals surface area contributed by atoms with Crippen molar-refractivity contribution in [1.82, 2.24) is 9.55 Å². The van der Waals surface area contributed by atoms with Crippen molar-refractivity contribution in [1.29, 1.82) is 0 Å². The van der Waals surface area contributed by atoms with E-state index in [-0.39, 0.29) is 42.7 Å². The SMILES string of the molecule is CC(C)(C)c1ccnc(-n2c3[c-]c(Oc4[c-]c(N5C=C(c6ccccc6)N(c6cc(C(C)(C)c7ccccc7)cc(C(C)(C)c7ccccc7)c6)[CH-]5)ccc4)ccc3c3cc(C(C)(C)C)ccc32)c1.[Pt]. The Balaban J connectivity index is 0.00000608. The standard InChI is InChI=1S/C64H61N4O.Pt/c1-61(2,3)47-29-32-57-56(38-47)55-31-30-54(41-58(55)68(57)60-39-48(33-34-65-60)62(4,5)6)69-53-28-20-27-51(40-53)66-42-59(44-21-14-11-15-22-44)67(43-66)52-36-49(63(7,8)45-23-16-12-17-24-45)35-50(37-52)64(9,10)46-25-18-13-19-26-46;/h11-39,42-43H,1-10H3;/q-3;. The fourth-order valence-corrected chi connectivity index (χ4v) is 9.55. The topological polar surface area (TPSA) is 33.5 Å². The van der Waals surface area contributed by atoms with Crippen molar-refractivity contribution in [3.05, 3.63) is 240 Å². The van der Waals surface area contributed by atoms with E-state index in [1.807, 2.05) is 24.4 Å². The number of hydrogen-bond acceptors (Lipinski definition) is 4. The molecule has 5 nitrogen and oxygen atoms in total. The molecule has 0 N–H and O–H groups in total. The molecule has 3 heterocycles. The summed E-state index contributed by atoms with van der Waals surface area (Å²) in [6, 6.07) is 68.1. The first kappa shape index (κ1) is 48.3. The third kappa shape index (κ3) is 9.25. The van der Waals surface area contributed by atoms with E-state index in [1.54, 1.807) is 0 Å². The van der Waals surface area contributed by atoms with Crippen LogP contribution in [0.4, 0.5) is 11.4 Å². The van der Waals surface area contributed by atoms with Gasteiger partial charge in [0.25, 0.3) is 0 Å². The molecule has 7 aromatic carbocycles. The van der Waals surface area contributed by atoms with Crippen LogP contribution >= 0.6 is 0 Å². The molecular weight excluding hydrogens is 1040 g/mol. The summed E-state index contributed by atoms with van der Waals surface area (Å²) in [7, 11) is 0. The summed E-state index contributed by atoms with van der Waals surface area (Å²) in [5, 5.41) is 2.26. The largest absolute Gasteiger partial charge is 0.509 e. The van der Waals surface area contributed by atoms with Crippen molar-refractivity contribution in [3.63, 3.8) is 0 Å². The van der Waals surface area contributed by atoms with Gasteiger partial charge in [0.2, 0.25) is 0 Å². The van der Waals surface area contributed by atoms with Gasteiger partial charge in [0.15, 0.2) is 0 Å². The Morgan fingerprint density at radius 1 is 0.500 bits per heavy atom. The van der Waals surface area contributed by atoms with Crippen molar-refractivity contribution in [2.24, 2.45) is 0 Å².